The summed E-state index contributed by atoms with van der Waals surface area (Å²) in [5.74, 6) is -2.71. The highest BCUT2D eigenvalue weighted by molar-refractivity contribution is 7.99. The number of rotatable bonds is 8. The summed E-state index contributed by atoms with van der Waals surface area (Å²) in [7, 11) is -4.33. The third-order valence-corrected chi connectivity index (χ3v) is 6.95. The van der Waals surface area contributed by atoms with Crippen molar-refractivity contribution in [2.24, 2.45) is 0 Å². The van der Waals surface area contributed by atoms with Gasteiger partial charge in [-0.25, -0.2) is 18.4 Å². The Morgan fingerprint density at radius 2 is 1.60 bits per heavy atom. The van der Waals surface area contributed by atoms with Gasteiger partial charge in [0.2, 0.25) is 0 Å². The number of anilines is 3. The van der Waals surface area contributed by atoms with Gasteiger partial charge in [-0.3, -0.25) is 14.8 Å². The summed E-state index contributed by atoms with van der Waals surface area (Å²) in [4.78, 5) is 19.1. The van der Waals surface area contributed by atoms with Gasteiger partial charge in [-0.1, -0.05) is 35.5 Å². The molecule has 0 aliphatic heterocycles. The van der Waals surface area contributed by atoms with Crippen LogP contribution in [-0.4, -0.2) is 29.1 Å². The van der Waals surface area contributed by atoms with Crippen LogP contribution in [0.5, 0.6) is 0 Å². The van der Waals surface area contributed by atoms with E-state index in [4.69, 9.17) is 11.6 Å². The van der Waals surface area contributed by atoms with Gasteiger partial charge >= 0.3 is 0 Å². The van der Waals surface area contributed by atoms with Gasteiger partial charge in [-0.2, -0.15) is 8.78 Å². The number of nitrogens with one attached hydrogen (secondary N) is 2. The minimum Gasteiger partial charge on any atom is -0.337 e. The fraction of sp³-hybridized carbons (Fsp3) is 0.0476. The molecule has 0 fully saturated rings. The highest BCUT2D eigenvalue weighted by Gasteiger charge is 2.23. The first-order valence-electron chi connectivity index (χ1n) is 9.68. The standard InChI is InChI=1S/C21H14ClF2N5O4S2/c22-15-10-9-14(11-18(15)29(30)31)35(32,33)28-20-19(26-16-3-1-2-4-17(16)27-20)25-12-5-7-13(8-6-12)34-21(23)24/h1-11,21H,(H,25,26)(H,27,28). The molecule has 0 unspecified atom stereocenters. The average molecular weight is 538 g/mol. The Balaban J connectivity index is 1.72. The van der Waals surface area contributed by atoms with Crippen LogP contribution >= 0.6 is 23.4 Å². The first-order valence-corrected chi connectivity index (χ1v) is 12.4. The van der Waals surface area contributed by atoms with E-state index in [-0.39, 0.29) is 16.7 Å². The lowest BCUT2D eigenvalue weighted by Crippen LogP contribution is -2.16. The van der Waals surface area contributed by atoms with E-state index in [9.17, 15) is 27.3 Å². The maximum absolute atomic E-state index is 13.0. The molecular formula is C21H14ClF2N5O4S2. The predicted molar refractivity (Wildman–Crippen MR) is 130 cm³/mol. The zero-order chi connectivity index (χ0) is 25.2. The highest BCUT2D eigenvalue weighted by Crippen LogP contribution is 2.31. The molecule has 0 spiro atoms. The predicted octanol–water partition coefficient (Wildman–Crippen LogP) is 6.05. The molecule has 2 N–H and O–H groups in total. The Kier molecular flexibility index (Phi) is 7.00. The smallest absolute Gasteiger partial charge is 0.289 e. The molecule has 35 heavy (non-hydrogen) atoms. The Hall–Kier alpha value is -3.55. The molecule has 0 saturated carbocycles. The molecule has 1 heterocycles. The van der Waals surface area contributed by atoms with E-state index in [2.05, 4.69) is 20.0 Å². The van der Waals surface area contributed by atoms with E-state index in [1.165, 1.54) is 24.3 Å². The van der Waals surface area contributed by atoms with Gasteiger partial charge in [0.15, 0.2) is 11.6 Å². The van der Waals surface area contributed by atoms with Crippen LogP contribution in [0, 0.1) is 10.1 Å². The van der Waals surface area contributed by atoms with Crippen LogP contribution < -0.4 is 10.0 Å². The van der Waals surface area contributed by atoms with Crippen molar-refractivity contribution in [3.8, 4) is 0 Å². The number of para-hydroxylation sites is 2. The number of alkyl halides is 2. The molecule has 0 amide bonds. The Labute approximate surface area is 206 Å². The topological polar surface area (TPSA) is 127 Å². The quantitative estimate of drug-likeness (QED) is 0.158. The molecular weight excluding hydrogens is 524 g/mol. The van der Waals surface area contributed by atoms with E-state index < -0.39 is 31.3 Å². The molecule has 14 heteroatoms. The number of aromatic nitrogens is 2. The maximum Gasteiger partial charge on any atom is 0.289 e. The second kappa shape index (κ2) is 9.98. The Bertz CT molecular complexity index is 1520. The summed E-state index contributed by atoms with van der Waals surface area (Å²) in [6.45, 7) is 0. The second-order valence-corrected chi connectivity index (χ2v) is 10.1. The molecule has 4 rings (SSSR count). The fourth-order valence-corrected chi connectivity index (χ4v) is 4.71. The molecule has 9 nitrogen and oxygen atoms in total. The first kappa shape index (κ1) is 24.6. The largest absolute Gasteiger partial charge is 0.337 e. The highest BCUT2D eigenvalue weighted by atomic mass is 35.5. The first-order chi connectivity index (χ1) is 16.6. The van der Waals surface area contributed by atoms with E-state index >= 15 is 0 Å². The number of halogens is 3. The maximum atomic E-state index is 13.0. The SMILES string of the molecule is O=[N+]([O-])c1cc(S(=O)(=O)Nc2nc3ccccc3nc2Nc2ccc(SC(F)F)cc2)ccc1Cl. The number of hydrogen-bond acceptors (Lipinski definition) is 8. The van der Waals surface area contributed by atoms with Crippen molar-refractivity contribution in [2.45, 2.75) is 15.5 Å². The molecule has 0 bridgehead atoms. The normalized spacial score (nSPS) is 11.5. The van der Waals surface area contributed by atoms with E-state index in [1.807, 2.05) is 0 Å². The summed E-state index contributed by atoms with van der Waals surface area (Å²) >= 11 is 6.18. The van der Waals surface area contributed by atoms with Gasteiger partial charge in [-0.15, -0.1) is 0 Å². The molecule has 3 aromatic carbocycles. The van der Waals surface area contributed by atoms with Gasteiger partial charge in [0.05, 0.1) is 20.9 Å². The van der Waals surface area contributed by atoms with Crippen LogP contribution in [-0.2, 0) is 10.0 Å². The second-order valence-electron chi connectivity index (χ2n) is 6.91. The van der Waals surface area contributed by atoms with Gasteiger partial charge in [0.25, 0.3) is 21.5 Å². The molecule has 0 atom stereocenters. The van der Waals surface area contributed by atoms with Crippen LogP contribution in [0.15, 0.2) is 76.5 Å². The van der Waals surface area contributed by atoms with Crippen molar-refractivity contribution in [2.75, 3.05) is 10.0 Å². The van der Waals surface area contributed by atoms with Crippen LogP contribution in [0.2, 0.25) is 5.02 Å². The van der Waals surface area contributed by atoms with Crippen molar-refractivity contribution in [3.05, 3.63) is 81.9 Å². The van der Waals surface area contributed by atoms with Crippen LogP contribution in [0.4, 0.5) is 31.8 Å². The molecule has 0 radical (unpaired) electrons. The molecule has 0 saturated heterocycles. The lowest BCUT2D eigenvalue weighted by atomic mass is 10.3. The van der Waals surface area contributed by atoms with Gasteiger partial charge in [0, 0.05) is 16.6 Å². The number of nitro benzene ring substituents is 1. The summed E-state index contributed by atoms with van der Waals surface area (Å²) < 4.78 is 53.5. The van der Waals surface area contributed by atoms with E-state index in [0.717, 1.165) is 18.2 Å². The van der Waals surface area contributed by atoms with Crippen LogP contribution in [0.25, 0.3) is 11.0 Å². The number of fused-ring (bicyclic) bond motifs is 1. The molecule has 4 aromatic rings. The van der Waals surface area contributed by atoms with Crippen molar-refractivity contribution >= 4 is 67.4 Å². The number of thioether (sulfide) groups is 1. The molecule has 0 aliphatic rings. The Morgan fingerprint density at radius 3 is 2.20 bits per heavy atom. The van der Waals surface area contributed by atoms with Crippen LogP contribution in [0.1, 0.15) is 0 Å². The van der Waals surface area contributed by atoms with E-state index in [1.54, 1.807) is 24.3 Å². The fourth-order valence-electron chi connectivity index (χ4n) is 3.00. The van der Waals surface area contributed by atoms with E-state index in [0.29, 0.717) is 33.4 Å². The summed E-state index contributed by atoms with van der Waals surface area (Å²) in [5, 5.41) is 13.9. The third kappa shape index (κ3) is 5.75. The van der Waals surface area contributed by atoms with Crippen molar-refractivity contribution < 1.29 is 22.1 Å². The van der Waals surface area contributed by atoms with Gasteiger partial charge in [0.1, 0.15) is 5.02 Å². The number of hydrogen-bond donors (Lipinski definition) is 2. The summed E-state index contributed by atoms with van der Waals surface area (Å²) in [6.07, 6.45) is 0. The molecule has 180 valence electrons. The van der Waals surface area contributed by atoms with Gasteiger partial charge in [-0.05, 0) is 48.5 Å². The molecule has 1 aromatic heterocycles. The zero-order valence-electron chi connectivity index (χ0n) is 17.4. The summed E-state index contributed by atoms with van der Waals surface area (Å²) in [6, 6.07) is 15.8. The zero-order valence-corrected chi connectivity index (χ0v) is 19.7. The van der Waals surface area contributed by atoms with Crippen LogP contribution in [0.3, 0.4) is 0 Å². The number of nitrogens with zero attached hydrogens (tertiary/aromatic N) is 3. The number of nitro groups is 1. The van der Waals surface area contributed by atoms with Gasteiger partial charge < -0.3 is 5.32 Å². The lowest BCUT2D eigenvalue weighted by Gasteiger charge is -2.14. The van der Waals surface area contributed by atoms with Crippen molar-refractivity contribution in [3.63, 3.8) is 0 Å². The Morgan fingerprint density at radius 1 is 0.971 bits per heavy atom. The number of benzene rings is 3. The lowest BCUT2D eigenvalue weighted by molar-refractivity contribution is -0.384. The molecule has 0 aliphatic carbocycles. The summed E-state index contributed by atoms with van der Waals surface area (Å²) in [5.41, 5.74) is 0.724. The minimum atomic E-state index is -4.33. The number of sulfonamides is 1. The third-order valence-electron chi connectivity index (χ3n) is 4.57. The average Bonchev–Trinajstić information content (AvgIpc) is 2.80. The van der Waals surface area contributed by atoms with Crippen molar-refractivity contribution in [1.82, 2.24) is 9.97 Å². The van der Waals surface area contributed by atoms with Crippen molar-refractivity contribution in [1.29, 1.82) is 0 Å². The monoisotopic (exact) mass is 537 g/mol. The minimum absolute atomic E-state index is 0.0324.